The summed E-state index contributed by atoms with van der Waals surface area (Å²) < 4.78 is 40.9. The van der Waals surface area contributed by atoms with Gasteiger partial charge in [-0.3, -0.25) is 10.2 Å². The number of piperidine rings is 1. The molecule has 16 heteroatoms. The Labute approximate surface area is 350 Å². The molecule has 1 saturated heterocycles. The molecule has 4 N–H and O–H groups in total. The number of nitrogens with two attached hydrogens (primary N) is 1. The molecule has 2 atom stereocenters. The molecular weight excluding hydrogens is 956 g/mol. The molecule has 0 spiro atoms. The van der Waals surface area contributed by atoms with Gasteiger partial charge in [-0.25, -0.2) is 15.0 Å². The van der Waals surface area contributed by atoms with E-state index >= 15 is 0 Å². The number of carbonyl (C=O) groups excluding carboxylic acids is 2. The van der Waals surface area contributed by atoms with Crippen LogP contribution in [0.25, 0.3) is 0 Å². The number of hydrazone groups is 1. The van der Waals surface area contributed by atoms with Crippen LogP contribution < -0.4 is 21.2 Å². The van der Waals surface area contributed by atoms with Crippen LogP contribution in [0.4, 0.5) is 24.5 Å². The first-order chi connectivity index (χ1) is 25.6. The number of allylic oxidation sites excluding steroid dienone is 3. The average Bonchev–Trinajstić information content (AvgIpc) is 3.11. The van der Waals surface area contributed by atoms with Crippen LogP contribution in [0, 0.1) is 62.7 Å². The number of carbonyl (C=O) groups is 1. The van der Waals surface area contributed by atoms with Crippen LogP contribution in [0.3, 0.4) is 0 Å². The number of aryl methyl sites for hydroxylation is 2. The molecule has 2 aromatic carbocycles. The number of ether oxygens (including phenoxy) is 1. The minimum absolute atomic E-state index is 0. The summed E-state index contributed by atoms with van der Waals surface area (Å²) in [5.41, 5.74) is 14.1. The molecule has 1 heterocycles. The third-order valence-corrected chi connectivity index (χ3v) is 8.84. The van der Waals surface area contributed by atoms with E-state index in [2.05, 4.69) is 51.3 Å². The number of thioether (sulfide) groups is 1. The first-order valence-corrected chi connectivity index (χ1v) is 18.5. The summed E-state index contributed by atoms with van der Waals surface area (Å²) in [4.78, 5) is 38.5. The van der Waals surface area contributed by atoms with Crippen molar-refractivity contribution in [1.82, 2.24) is 15.6 Å². The van der Waals surface area contributed by atoms with Crippen molar-refractivity contribution < 1.29 is 58.6 Å². The number of hydrogen-bond acceptors (Lipinski definition) is 7. The zero-order valence-corrected chi connectivity index (χ0v) is 37.0. The van der Waals surface area contributed by atoms with Crippen LogP contribution in [-0.2, 0) is 9.59 Å². The Hall–Kier alpha value is -3.87. The predicted molar refractivity (Wildman–Crippen MR) is 213 cm³/mol. The van der Waals surface area contributed by atoms with Gasteiger partial charge in [-0.2, -0.15) is 32.3 Å². The number of para-hydroxylation sites is 1. The van der Waals surface area contributed by atoms with E-state index in [4.69, 9.17) is 10.7 Å². The Morgan fingerprint density at radius 2 is 1.80 bits per heavy atom. The molecule has 0 aromatic heterocycles. The molecule has 1 fully saturated rings. The molecule has 2 aliphatic rings. The van der Waals surface area contributed by atoms with Crippen molar-refractivity contribution >= 4 is 59.0 Å². The number of aliphatic imine (C=N–C) groups is 3. The van der Waals surface area contributed by atoms with Gasteiger partial charge in [0, 0.05) is 6.54 Å². The molecule has 2 aromatic rings. The number of hydrogen-bond donors (Lipinski definition) is 3. The molecule has 0 saturated carbocycles. The topological polar surface area (TPSA) is 146 Å². The molecule has 4 rings (SSSR count). The second kappa shape index (κ2) is 23.9. The minimum Gasteiger partial charge on any atom is -0.520 e. The van der Waals surface area contributed by atoms with Crippen LogP contribution >= 0.6 is 11.8 Å². The van der Waals surface area contributed by atoms with Gasteiger partial charge in [0.15, 0.2) is 5.17 Å². The zero-order chi connectivity index (χ0) is 39.7. The van der Waals surface area contributed by atoms with Crippen molar-refractivity contribution in [2.75, 3.05) is 25.4 Å². The van der Waals surface area contributed by atoms with E-state index in [-0.39, 0.29) is 66.2 Å². The van der Waals surface area contributed by atoms with Crippen molar-refractivity contribution in [3.63, 3.8) is 0 Å². The van der Waals surface area contributed by atoms with Gasteiger partial charge in [0.25, 0.3) is 0 Å². The molecule has 0 bridgehead atoms. The number of likely N-dealkylation sites (tertiary alicyclic amines) is 1. The van der Waals surface area contributed by atoms with E-state index < -0.39 is 6.36 Å². The van der Waals surface area contributed by atoms with Crippen LogP contribution in [0.1, 0.15) is 58.1 Å². The Balaban J connectivity index is 0.00000199. The molecular formula is C39H49F3N8O3SU. The van der Waals surface area contributed by atoms with Crippen molar-refractivity contribution in [2.45, 2.75) is 67.2 Å². The monoisotopic (exact) mass is 1000 g/mol. The molecule has 1 unspecified atom stereocenters. The van der Waals surface area contributed by atoms with Gasteiger partial charge in [-0.15, -0.1) is 13.2 Å². The third-order valence-electron chi connectivity index (χ3n) is 7.98. The maximum Gasteiger partial charge on any atom is 2.00 e. The van der Waals surface area contributed by atoms with E-state index in [0.29, 0.717) is 36.9 Å². The molecule has 11 nitrogen and oxygen atoms in total. The van der Waals surface area contributed by atoms with Crippen LogP contribution in [-0.4, -0.2) is 72.5 Å². The number of amides is 2. The fraction of sp³-hybridized carbons (Fsp3) is 0.410. The number of benzene rings is 2. The standard InChI is InChI=1S/C35H40F3N8O3S.C4H9.U/c1-23-6-4-7-24(2)32(23)44-34(50-20-31(48)40-17-26-8-5-15-46(19-26)22-47)45-43-18-28-10-9-27(16-25(28)3)33(39)42-21-41-29-11-13-30(14-12-29)49-35(36,37)38;1-4(2)3;/h4,6-7,9-14,18,21,25-26H,5,8,15-17,19-20H2,1-3H3,(H,40,48)(H,44,45)(H2,39,41,42);1-3H3;/q2*-1;+2/b43-18+;;/t25?,26-;;/m0../s1. The zero-order valence-electron chi connectivity index (χ0n) is 32.0. The van der Waals surface area contributed by atoms with Gasteiger partial charge < -0.3 is 31.4 Å². The summed E-state index contributed by atoms with van der Waals surface area (Å²) in [6, 6.07) is 11.0. The number of nitrogens with zero attached hydrogens (tertiary/aromatic N) is 5. The Bertz CT molecular complexity index is 1720. The maximum absolute atomic E-state index is 12.7. The molecule has 1 aliphatic carbocycles. The molecule has 2 amide bonds. The van der Waals surface area contributed by atoms with Crippen LogP contribution in [0.2, 0.25) is 0 Å². The molecule has 55 heavy (non-hydrogen) atoms. The van der Waals surface area contributed by atoms with E-state index in [9.17, 15) is 22.8 Å². The number of rotatable bonds is 12. The number of amidine groups is 2. The summed E-state index contributed by atoms with van der Waals surface area (Å²) >= 11 is 1.25. The second-order valence-corrected chi connectivity index (χ2v) is 14.4. The summed E-state index contributed by atoms with van der Waals surface area (Å²) in [6.45, 7) is 14.0. The van der Waals surface area contributed by atoms with Crippen molar-refractivity contribution in [1.29, 1.82) is 0 Å². The number of alkyl halides is 3. The van der Waals surface area contributed by atoms with Gasteiger partial charge in [0.05, 0.1) is 23.3 Å². The van der Waals surface area contributed by atoms with Gasteiger partial charge in [0.2, 0.25) is 5.91 Å². The Morgan fingerprint density at radius 3 is 2.42 bits per heavy atom. The van der Waals surface area contributed by atoms with E-state index in [1.54, 1.807) is 11.1 Å². The largest absolute Gasteiger partial charge is 2.00 e. The summed E-state index contributed by atoms with van der Waals surface area (Å²) in [6.07, 6.45) is 6.31. The van der Waals surface area contributed by atoms with Gasteiger partial charge >= 0.3 is 37.5 Å². The van der Waals surface area contributed by atoms with Gasteiger partial charge in [-0.05, 0) is 105 Å². The predicted octanol–water partition coefficient (Wildman–Crippen LogP) is 7.62. The summed E-state index contributed by atoms with van der Waals surface area (Å²) in [5, 5.41) is 7.88. The van der Waals surface area contributed by atoms with Crippen molar-refractivity contribution in [3.05, 3.63) is 82.8 Å². The second-order valence-electron chi connectivity index (χ2n) is 13.4. The van der Waals surface area contributed by atoms with Gasteiger partial charge in [-0.1, -0.05) is 49.0 Å². The SMILES string of the molecule is C[C-](C)C.Cc1cccc(C)c1N=C(N/N=C/C1=CC=C(C(N)=NC=Nc2ccc(OC(F)(F)F)cc2)CC1C)SCC(=O)NC[C@@H]1CCCN([C-]=O)C1.[U+2]. The van der Waals surface area contributed by atoms with Crippen molar-refractivity contribution in [3.8, 4) is 5.75 Å². The van der Waals surface area contributed by atoms with E-state index in [0.717, 1.165) is 52.9 Å². The summed E-state index contributed by atoms with van der Waals surface area (Å²) in [5.74, 6) is 1.60. The quantitative estimate of drug-likeness (QED) is 0.0864. The van der Waals surface area contributed by atoms with Gasteiger partial charge in [0.1, 0.15) is 17.9 Å². The van der Waals surface area contributed by atoms with Crippen molar-refractivity contribution in [2.24, 2.45) is 37.6 Å². The fourth-order valence-electron chi connectivity index (χ4n) is 5.30. The smallest absolute Gasteiger partial charge is 0.520 e. The fourth-order valence-corrected chi connectivity index (χ4v) is 5.95. The molecule has 1 aliphatic heterocycles. The Morgan fingerprint density at radius 1 is 1.13 bits per heavy atom. The maximum atomic E-state index is 12.7. The number of halogens is 3. The minimum atomic E-state index is -4.76. The van der Waals surface area contributed by atoms with E-state index in [1.165, 1.54) is 36.2 Å². The molecule has 0 radical (unpaired) electrons. The third kappa shape index (κ3) is 18.1. The normalized spacial score (nSPS) is 17.9. The number of nitrogens with one attached hydrogen (secondary N) is 2. The Kier molecular flexibility index (Phi) is 20.6. The van der Waals surface area contributed by atoms with Crippen LogP contribution in [0.5, 0.6) is 5.75 Å². The first kappa shape index (κ1) is 47.3. The first-order valence-electron chi connectivity index (χ1n) is 17.5. The van der Waals surface area contributed by atoms with Crippen LogP contribution in [0.15, 0.2) is 85.8 Å². The summed E-state index contributed by atoms with van der Waals surface area (Å²) in [7, 11) is 0. The van der Waals surface area contributed by atoms with E-state index in [1.807, 2.05) is 57.5 Å². The average molecular weight is 1000 g/mol. The molecule has 294 valence electrons.